The van der Waals surface area contributed by atoms with Crippen LogP contribution < -0.4 is 0 Å². The molecule has 82 valence electrons. The van der Waals surface area contributed by atoms with Gasteiger partial charge in [0, 0.05) is 4.92 Å². The van der Waals surface area contributed by atoms with Gasteiger partial charge in [-0.1, -0.05) is 0 Å². The number of furan rings is 1. The zero-order valence-corrected chi connectivity index (χ0v) is 8.26. The van der Waals surface area contributed by atoms with Gasteiger partial charge in [0.25, 0.3) is 6.54 Å². The van der Waals surface area contributed by atoms with Gasteiger partial charge in [-0.25, -0.2) is 0 Å². The topological polar surface area (TPSA) is 82.6 Å². The fourth-order valence-corrected chi connectivity index (χ4v) is 1.08. The molecule has 15 heavy (non-hydrogen) atoms. The summed E-state index contributed by atoms with van der Waals surface area (Å²) in [4.78, 5) is 20.7. The van der Waals surface area contributed by atoms with Crippen LogP contribution in [0.5, 0.6) is 0 Å². The van der Waals surface area contributed by atoms with Gasteiger partial charge in [0.05, 0.1) is 6.61 Å². The Morgan fingerprint density at radius 1 is 1.53 bits per heavy atom. The summed E-state index contributed by atoms with van der Waals surface area (Å²) >= 11 is 0. The highest BCUT2D eigenvalue weighted by molar-refractivity contribution is 5.71. The molecule has 0 aliphatic heterocycles. The van der Waals surface area contributed by atoms with Gasteiger partial charge in [0.15, 0.2) is 5.76 Å². The van der Waals surface area contributed by atoms with Crippen LogP contribution >= 0.6 is 0 Å². The Labute approximate surface area is 86.0 Å². The molecule has 1 heterocycles. The van der Waals surface area contributed by atoms with Gasteiger partial charge in [-0.15, -0.1) is 0 Å². The van der Waals surface area contributed by atoms with Gasteiger partial charge in [-0.2, -0.15) is 0 Å². The summed E-state index contributed by atoms with van der Waals surface area (Å²) in [5.41, 5.74) is 0. The van der Waals surface area contributed by atoms with Crippen molar-refractivity contribution in [2.24, 2.45) is 0 Å². The van der Waals surface area contributed by atoms with E-state index >= 15 is 0 Å². The predicted octanol–water partition coefficient (Wildman–Crippen LogP) is 1.16. The van der Waals surface area contributed by atoms with Crippen LogP contribution in [-0.4, -0.2) is 17.5 Å². The SMILES string of the molecule is CCOC(=O)Cc1ccc(C[N+](=O)[O-])o1. The second kappa shape index (κ2) is 5.14. The number of nitro groups is 1. The van der Waals surface area contributed by atoms with Crippen molar-refractivity contribution >= 4 is 5.97 Å². The lowest BCUT2D eigenvalue weighted by atomic mass is 10.3. The molecule has 0 bridgehead atoms. The zero-order chi connectivity index (χ0) is 11.3. The molecule has 0 spiro atoms. The molecule has 0 saturated carbocycles. The van der Waals surface area contributed by atoms with E-state index in [2.05, 4.69) is 0 Å². The molecule has 0 amide bonds. The summed E-state index contributed by atoms with van der Waals surface area (Å²) in [5.74, 6) is 0.212. The molecule has 0 aliphatic carbocycles. The Hall–Kier alpha value is -1.85. The van der Waals surface area contributed by atoms with E-state index in [4.69, 9.17) is 9.15 Å². The summed E-state index contributed by atoms with van der Waals surface area (Å²) in [6.45, 7) is 1.64. The van der Waals surface area contributed by atoms with Gasteiger partial charge in [0.2, 0.25) is 0 Å². The van der Waals surface area contributed by atoms with Crippen molar-refractivity contribution in [1.29, 1.82) is 0 Å². The van der Waals surface area contributed by atoms with Gasteiger partial charge in [0.1, 0.15) is 12.2 Å². The normalized spacial score (nSPS) is 9.93. The molecule has 0 N–H and O–H groups in total. The molecule has 0 saturated heterocycles. The third-order valence-corrected chi connectivity index (χ3v) is 1.63. The highest BCUT2D eigenvalue weighted by atomic mass is 16.6. The van der Waals surface area contributed by atoms with E-state index in [-0.39, 0.29) is 18.7 Å². The molecule has 1 aromatic heterocycles. The number of esters is 1. The first-order valence-corrected chi connectivity index (χ1v) is 4.46. The minimum absolute atomic E-state index is 0.00551. The van der Waals surface area contributed by atoms with E-state index in [9.17, 15) is 14.9 Å². The molecular formula is C9H11NO5. The molecule has 1 rings (SSSR count). The maximum atomic E-state index is 11.0. The third kappa shape index (κ3) is 3.80. The third-order valence-electron chi connectivity index (χ3n) is 1.63. The Morgan fingerprint density at radius 3 is 2.80 bits per heavy atom. The van der Waals surface area contributed by atoms with E-state index < -0.39 is 10.9 Å². The number of carbonyl (C=O) groups is 1. The van der Waals surface area contributed by atoms with Crippen molar-refractivity contribution in [2.75, 3.05) is 6.61 Å². The quantitative estimate of drug-likeness (QED) is 0.416. The summed E-state index contributed by atoms with van der Waals surface area (Å²) in [5, 5.41) is 10.2. The molecule has 0 unspecified atom stereocenters. The lowest BCUT2D eigenvalue weighted by Crippen LogP contribution is -2.06. The van der Waals surface area contributed by atoms with Crippen molar-refractivity contribution < 1.29 is 18.9 Å². The maximum absolute atomic E-state index is 11.0. The van der Waals surface area contributed by atoms with Gasteiger partial charge in [-0.05, 0) is 19.1 Å². The standard InChI is InChI=1S/C9H11NO5/c1-2-14-9(11)5-7-3-4-8(15-7)6-10(12)13/h3-4H,2,5-6H2,1H3. The van der Waals surface area contributed by atoms with E-state index in [0.717, 1.165) is 0 Å². The first kappa shape index (κ1) is 11.2. The molecule has 0 fully saturated rings. The minimum Gasteiger partial charge on any atom is -0.466 e. The number of ether oxygens (including phenoxy) is 1. The van der Waals surface area contributed by atoms with E-state index in [1.54, 1.807) is 6.92 Å². The number of carbonyl (C=O) groups excluding carboxylic acids is 1. The van der Waals surface area contributed by atoms with Crippen LogP contribution in [0, 0.1) is 10.1 Å². The van der Waals surface area contributed by atoms with Crippen molar-refractivity contribution in [3.05, 3.63) is 33.8 Å². The molecule has 0 radical (unpaired) electrons. The number of hydrogen-bond acceptors (Lipinski definition) is 5. The first-order valence-electron chi connectivity index (χ1n) is 4.46. The van der Waals surface area contributed by atoms with Crippen molar-refractivity contribution in [1.82, 2.24) is 0 Å². The predicted molar refractivity (Wildman–Crippen MR) is 49.7 cm³/mol. The van der Waals surface area contributed by atoms with Crippen LogP contribution in [0.25, 0.3) is 0 Å². The van der Waals surface area contributed by atoms with Crippen LogP contribution in [-0.2, 0) is 22.5 Å². The highest BCUT2D eigenvalue weighted by Gasteiger charge is 2.11. The largest absolute Gasteiger partial charge is 0.466 e. The Morgan fingerprint density at radius 2 is 2.20 bits per heavy atom. The summed E-state index contributed by atoms with van der Waals surface area (Å²) in [7, 11) is 0. The number of rotatable bonds is 5. The second-order valence-corrected chi connectivity index (χ2v) is 2.84. The van der Waals surface area contributed by atoms with E-state index in [0.29, 0.717) is 12.4 Å². The van der Waals surface area contributed by atoms with Crippen LogP contribution in [0.4, 0.5) is 0 Å². The molecule has 1 aromatic rings. The molecule has 0 aromatic carbocycles. The van der Waals surface area contributed by atoms with Crippen LogP contribution in [0.3, 0.4) is 0 Å². The van der Waals surface area contributed by atoms with Crippen LogP contribution in [0.1, 0.15) is 18.4 Å². The highest BCUT2D eigenvalue weighted by Crippen LogP contribution is 2.09. The average molecular weight is 213 g/mol. The van der Waals surface area contributed by atoms with Gasteiger partial charge in [-0.3, -0.25) is 14.9 Å². The van der Waals surface area contributed by atoms with Crippen LogP contribution in [0.15, 0.2) is 16.5 Å². The first-order chi connectivity index (χ1) is 7.11. The van der Waals surface area contributed by atoms with Crippen LogP contribution in [0.2, 0.25) is 0 Å². The summed E-state index contributed by atoms with van der Waals surface area (Å²) in [6, 6.07) is 3.02. The maximum Gasteiger partial charge on any atom is 0.313 e. The molecule has 6 heteroatoms. The summed E-state index contributed by atoms with van der Waals surface area (Å²) in [6.07, 6.45) is 0.00551. The minimum atomic E-state index is -0.493. The smallest absolute Gasteiger partial charge is 0.313 e. The number of hydrogen-bond donors (Lipinski definition) is 0. The fourth-order valence-electron chi connectivity index (χ4n) is 1.08. The lowest BCUT2D eigenvalue weighted by molar-refractivity contribution is -0.499. The summed E-state index contributed by atoms with van der Waals surface area (Å²) < 4.78 is 9.77. The monoisotopic (exact) mass is 213 g/mol. The van der Waals surface area contributed by atoms with E-state index in [1.807, 2.05) is 0 Å². The van der Waals surface area contributed by atoms with Gasteiger partial charge >= 0.3 is 5.97 Å². The molecule has 0 aliphatic rings. The Kier molecular flexibility index (Phi) is 3.84. The Bertz CT molecular complexity index is 357. The average Bonchev–Trinajstić information content (AvgIpc) is 2.51. The molecule has 0 atom stereocenters. The molecular weight excluding hydrogens is 202 g/mol. The molecule has 6 nitrogen and oxygen atoms in total. The Balaban J connectivity index is 2.52. The zero-order valence-electron chi connectivity index (χ0n) is 8.26. The van der Waals surface area contributed by atoms with Crippen molar-refractivity contribution in [3.63, 3.8) is 0 Å². The second-order valence-electron chi connectivity index (χ2n) is 2.84. The number of nitrogens with zero attached hydrogens (tertiary/aromatic N) is 1. The van der Waals surface area contributed by atoms with E-state index in [1.165, 1.54) is 12.1 Å². The fraction of sp³-hybridized carbons (Fsp3) is 0.444. The van der Waals surface area contributed by atoms with Gasteiger partial charge < -0.3 is 9.15 Å². The lowest BCUT2D eigenvalue weighted by Gasteiger charge is -1.98. The van der Waals surface area contributed by atoms with Crippen molar-refractivity contribution in [3.8, 4) is 0 Å². The van der Waals surface area contributed by atoms with Crippen molar-refractivity contribution in [2.45, 2.75) is 19.9 Å².